The van der Waals surface area contributed by atoms with Gasteiger partial charge in [0, 0.05) is 0 Å². The largest absolute Gasteiger partial charge is 0.344 e. The lowest BCUT2D eigenvalue weighted by Crippen LogP contribution is -2.27. The number of amides is 1. The molecule has 4 nitrogen and oxygen atoms in total. The summed E-state index contributed by atoms with van der Waals surface area (Å²) in [5, 5.41) is 8.62. The van der Waals surface area contributed by atoms with Gasteiger partial charge in [-0.25, -0.2) is 8.78 Å². The van der Waals surface area contributed by atoms with Gasteiger partial charge in [-0.2, -0.15) is 5.10 Å². The first-order valence-electron chi connectivity index (χ1n) is 7.80. The van der Waals surface area contributed by atoms with Gasteiger partial charge >= 0.3 is 0 Å². The third-order valence-electron chi connectivity index (χ3n) is 4.29. The molecule has 1 atom stereocenters. The Morgan fingerprint density at radius 2 is 1.96 bits per heavy atom. The molecule has 1 unspecified atom stereocenters. The average Bonchev–Trinajstić information content (AvgIpc) is 3.04. The highest BCUT2D eigenvalue weighted by Gasteiger charge is 2.18. The van der Waals surface area contributed by atoms with Crippen molar-refractivity contribution in [2.75, 3.05) is 0 Å². The molecule has 0 saturated heterocycles. The zero-order valence-electron chi connectivity index (χ0n) is 12.9. The molecule has 1 aromatic carbocycles. The molecule has 2 N–H and O–H groups in total. The van der Waals surface area contributed by atoms with Crippen LogP contribution in [0.1, 0.15) is 65.1 Å². The molecule has 122 valence electrons. The molecule has 6 heteroatoms. The smallest absolute Gasteiger partial charge is 0.279 e. The van der Waals surface area contributed by atoms with Crippen molar-refractivity contribution in [3.05, 3.63) is 52.3 Å². The number of halogens is 2. The maximum Gasteiger partial charge on any atom is 0.279 e. The zero-order chi connectivity index (χ0) is 16.4. The molecule has 2 aromatic rings. The van der Waals surface area contributed by atoms with Gasteiger partial charge in [0.05, 0.1) is 6.04 Å². The molecular weight excluding hydrogens is 300 g/mol. The van der Waals surface area contributed by atoms with Gasteiger partial charge in [-0.3, -0.25) is 9.89 Å². The number of nitrogens with zero attached hydrogens (tertiary/aromatic N) is 1. The topological polar surface area (TPSA) is 57.8 Å². The third kappa shape index (κ3) is 3.41. The molecule has 0 saturated carbocycles. The van der Waals surface area contributed by atoms with Crippen LogP contribution in [0.15, 0.2) is 24.3 Å². The maximum atomic E-state index is 12.5. The van der Waals surface area contributed by atoms with Gasteiger partial charge in [0.25, 0.3) is 12.3 Å². The first-order chi connectivity index (χ1) is 11.0. The maximum absolute atomic E-state index is 12.5. The molecule has 0 radical (unpaired) electrons. The highest BCUT2D eigenvalue weighted by molar-refractivity contribution is 5.92. The number of carbonyl (C=O) groups excluding carboxylic acids is 1. The first kappa shape index (κ1) is 15.6. The quantitative estimate of drug-likeness (QED) is 0.902. The van der Waals surface area contributed by atoms with E-state index in [0.717, 1.165) is 24.5 Å². The van der Waals surface area contributed by atoms with Gasteiger partial charge in [0.2, 0.25) is 0 Å². The summed E-state index contributed by atoms with van der Waals surface area (Å²) in [5.74, 6) is -0.460. The van der Waals surface area contributed by atoms with Gasteiger partial charge in [-0.15, -0.1) is 0 Å². The molecule has 0 fully saturated rings. The Morgan fingerprint density at radius 3 is 2.65 bits per heavy atom. The Bertz CT molecular complexity index is 712. The summed E-state index contributed by atoms with van der Waals surface area (Å²) in [6, 6.07) is 7.15. The zero-order valence-corrected chi connectivity index (χ0v) is 12.9. The summed E-state index contributed by atoms with van der Waals surface area (Å²) in [6.45, 7) is 1.88. The van der Waals surface area contributed by atoms with Crippen molar-refractivity contribution in [3.63, 3.8) is 0 Å². The Kier molecular flexibility index (Phi) is 4.41. The number of aromatic amines is 1. The van der Waals surface area contributed by atoms with E-state index >= 15 is 0 Å². The van der Waals surface area contributed by atoms with Crippen LogP contribution < -0.4 is 5.32 Å². The Balaban J connectivity index is 1.70. The fraction of sp³-hybridized carbons (Fsp3) is 0.412. The number of alkyl halides is 2. The predicted octanol–water partition coefficient (Wildman–Crippen LogP) is 3.72. The molecule has 1 amide bonds. The second-order valence-electron chi connectivity index (χ2n) is 5.94. The number of fused-ring (bicyclic) bond motifs is 1. The van der Waals surface area contributed by atoms with Crippen LogP contribution in [0, 0.1) is 0 Å². The van der Waals surface area contributed by atoms with E-state index in [2.05, 4.69) is 27.6 Å². The summed E-state index contributed by atoms with van der Waals surface area (Å²) in [7, 11) is 0. The van der Waals surface area contributed by atoms with Crippen LogP contribution in [0.25, 0.3) is 0 Å². The average molecular weight is 319 g/mol. The molecular formula is C17H19F2N3O. The van der Waals surface area contributed by atoms with E-state index in [1.54, 1.807) is 0 Å². The van der Waals surface area contributed by atoms with Crippen LogP contribution in [0.4, 0.5) is 8.78 Å². The van der Waals surface area contributed by atoms with E-state index in [1.807, 2.05) is 13.0 Å². The number of aromatic nitrogens is 2. The van der Waals surface area contributed by atoms with Gasteiger partial charge in [-0.05, 0) is 55.4 Å². The number of aryl methyl sites for hydroxylation is 2. The highest BCUT2D eigenvalue weighted by atomic mass is 19.3. The lowest BCUT2D eigenvalue weighted by molar-refractivity contribution is 0.0935. The van der Waals surface area contributed by atoms with Gasteiger partial charge in [0.1, 0.15) is 11.4 Å². The standard InChI is InChI=1S/C17H19F2N3O/c1-10(12-7-6-11-4-2-3-5-13(11)8-12)20-17(23)15-9-14(16(18)19)21-22-15/h6-10,16H,2-5H2,1H3,(H,20,23)(H,21,22). The number of benzene rings is 1. The number of H-pyrrole nitrogens is 1. The van der Waals surface area contributed by atoms with Crippen molar-refractivity contribution in [2.24, 2.45) is 0 Å². The molecule has 1 aliphatic rings. The van der Waals surface area contributed by atoms with E-state index < -0.39 is 12.3 Å². The summed E-state index contributed by atoms with van der Waals surface area (Å²) < 4.78 is 25.1. The normalized spacial score (nSPS) is 15.3. The van der Waals surface area contributed by atoms with Crippen molar-refractivity contribution < 1.29 is 13.6 Å². The lowest BCUT2D eigenvalue weighted by atomic mass is 9.89. The van der Waals surface area contributed by atoms with Crippen molar-refractivity contribution in [2.45, 2.75) is 45.1 Å². The van der Waals surface area contributed by atoms with Crippen LogP contribution in [0.3, 0.4) is 0 Å². The molecule has 1 heterocycles. The van der Waals surface area contributed by atoms with Gasteiger partial charge in [0.15, 0.2) is 0 Å². The van der Waals surface area contributed by atoms with E-state index in [4.69, 9.17) is 0 Å². The number of hydrogen-bond acceptors (Lipinski definition) is 2. The molecule has 1 aromatic heterocycles. The molecule has 3 rings (SSSR count). The minimum Gasteiger partial charge on any atom is -0.344 e. The van der Waals surface area contributed by atoms with E-state index in [0.29, 0.717) is 0 Å². The van der Waals surface area contributed by atoms with Gasteiger partial charge in [-0.1, -0.05) is 18.2 Å². The number of nitrogens with one attached hydrogen (secondary N) is 2. The monoisotopic (exact) mass is 319 g/mol. The fourth-order valence-electron chi connectivity index (χ4n) is 2.94. The van der Waals surface area contributed by atoms with Crippen LogP contribution in [-0.4, -0.2) is 16.1 Å². The number of rotatable bonds is 4. The van der Waals surface area contributed by atoms with Crippen LogP contribution in [0.5, 0.6) is 0 Å². The van der Waals surface area contributed by atoms with Gasteiger partial charge < -0.3 is 5.32 Å². The van der Waals surface area contributed by atoms with Crippen LogP contribution in [0.2, 0.25) is 0 Å². The number of carbonyl (C=O) groups is 1. The Labute approximate surface area is 133 Å². The number of hydrogen-bond donors (Lipinski definition) is 2. The molecule has 23 heavy (non-hydrogen) atoms. The fourth-order valence-corrected chi connectivity index (χ4v) is 2.94. The summed E-state index contributed by atoms with van der Waals surface area (Å²) in [4.78, 5) is 12.1. The SMILES string of the molecule is CC(NC(=O)c1cc(C(F)F)[nH]n1)c1ccc2c(c1)CCCC2. The van der Waals surface area contributed by atoms with E-state index in [9.17, 15) is 13.6 Å². The summed E-state index contributed by atoms with van der Waals surface area (Å²) in [6.07, 6.45) is 1.94. The molecule has 0 bridgehead atoms. The minimum absolute atomic E-state index is 0.0230. The Hall–Kier alpha value is -2.24. The van der Waals surface area contributed by atoms with Crippen molar-refractivity contribution in [1.29, 1.82) is 0 Å². The predicted molar refractivity (Wildman–Crippen MR) is 82.5 cm³/mol. The summed E-state index contributed by atoms with van der Waals surface area (Å²) >= 11 is 0. The Morgan fingerprint density at radius 1 is 1.22 bits per heavy atom. The lowest BCUT2D eigenvalue weighted by Gasteiger charge is -2.19. The van der Waals surface area contributed by atoms with E-state index in [1.165, 1.54) is 24.0 Å². The van der Waals surface area contributed by atoms with Crippen LogP contribution in [-0.2, 0) is 12.8 Å². The first-order valence-corrected chi connectivity index (χ1v) is 7.80. The second kappa shape index (κ2) is 6.48. The highest BCUT2D eigenvalue weighted by Crippen LogP contribution is 2.25. The van der Waals surface area contributed by atoms with Crippen molar-refractivity contribution >= 4 is 5.91 Å². The van der Waals surface area contributed by atoms with Crippen LogP contribution >= 0.6 is 0 Å². The van der Waals surface area contributed by atoms with E-state index in [-0.39, 0.29) is 17.4 Å². The molecule has 0 aliphatic heterocycles. The third-order valence-corrected chi connectivity index (χ3v) is 4.29. The second-order valence-corrected chi connectivity index (χ2v) is 5.94. The molecule has 0 spiro atoms. The van der Waals surface area contributed by atoms with Crippen molar-refractivity contribution in [1.82, 2.24) is 15.5 Å². The van der Waals surface area contributed by atoms with Crippen molar-refractivity contribution in [3.8, 4) is 0 Å². The molecule has 1 aliphatic carbocycles. The summed E-state index contributed by atoms with van der Waals surface area (Å²) in [5.41, 5.74) is 3.37. The minimum atomic E-state index is -2.66.